The number of carbonyl (C=O) groups excluding carboxylic acids is 2. The fraction of sp³-hybridized carbons (Fsp3) is 0.600. The highest BCUT2D eigenvalue weighted by Crippen LogP contribution is 2.35. The van der Waals surface area contributed by atoms with Crippen molar-refractivity contribution < 1.29 is 9.59 Å². The Morgan fingerprint density at radius 2 is 2.10 bits per heavy atom. The third kappa shape index (κ3) is 2.59. The zero-order valence-electron chi connectivity index (χ0n) is 12.4. The van der Waals surface area contributed by atoms with Crippen molar-refractivity contribution >= 4 is 23.2 Å². The lowest BCUT2D eigenvalue weighted by Gasteiger charge is -2.43. The second kappa shape index (κ2) is 5.95. The first kappa shape index (κ1) is 15.0. The van der Waals surface area contributed by atoms with E-state index in [0.717, 1.165) is 4.88 Å². The van der Waals surface area contributed by atoms with Gasteiger partial charge in [-0.25, -0.2) is 0 Å². The number of carbonyl (C=O) groups is 2. The van der Waals surface area contributed by atoms with Gasteiger partial charge in [-0.2, -0.15) is 0 Å². The average Bonchev–Trinajstić information content (AvgIpc) is 2.91. The standard InChI is InChI=1S/C15H22N2O2S/c1-5-11-15(19)17(10(4)14(18)16-11)13(9(2)3)12-7-6-8-20-12/h6-11,13H,5H2,1-4H3,(H,16,18). The molecule has 0 bridgehead atoms. The molecule has 1 fully saturated rings. The van der Waals surface area contributed by atoms with E-state index in [4.69, 9.17) is 0 Å². The lowest BCUT2D eigenvalue weighted by Crippen LogP contribution is -2.63. The lowest BCUT2D eigenvalue weighted by molar-refractivity contribution is -0.152. The molecule has 1 saturated heterocycles. The maximum Gasteiger partial charge on any atom is 0.246 e. The minimum Gasteiger partial charge on any atom is -0.343 e. The summed E-state index contributed by atoms with van der Waals surface area (Å²) in [6.45, 7) is 7.92. The van der Waals surface area contributed by atoms with Crippen molar-refractivity contribution in [1.82, 2.24) is 10.2 Å². The fourth-order valence-electron chi connectivity index (χ4n) is 2.75. The van der Waals surface area contributed by atoms with E-state index in [9.17, 15) is 9.59 Å². The molecule has 1 N–H and O–H groups in total. The van der Waals surface area contributed by atoms with Gasteiger partial charge in [0.2, 0.25) is 11.8 Å². The molecule has 0 aliphatic carbocycles. The first-order valence-corrected chi connectivity index (χ1v) is 8.01. The summed E-state index contributed by atoms with van der Waals surface area (Å²) < 4.78 is 0. The van der Waals surface area contributed by atoms with E-state index < -0.39 is 6.04 Å². The van der Waals surface area contributed by atoms with Gasteiger partial charge in [0.1, 0.15) is 12.1 Å². The molecule has 1 aliphatic heterocycles. The smallest absolute Gasteiger partial charge is 0.246 e. The predicted molar refractivity (Wildman–Crippen MR) is 80.4 cm³/mol. The number of amides is 2. The van der Waals surface area contributed by atoms with Crippen LogP contribution in [0.25, 0.3) is 0 Å². The Hall–Kier alpha value is -1.36. The van der Waals surface area contributed by atoms with Crippen molar-refractivity contribution in [3.05, 3.63) is 22.4 Å². The Balaban J connectivity index is 2.39. The summed E-state index contributed by atoms with van der Waals surface area (Å²) in [5, 5.41) is 4.82. The van der Waals surface area contributed by atoms with E-state index in [1.165, 1.54) is 0 Å². The second-order valence-corrected chi connectivity index (χ2v) is 6.57. The van der Waals surface area contributed by atoms with Crippen LogP contribution in [-0.2, 0) is 9.59 Å². The average molecular weight is 294 g/mol. The van der Waals surface area contributed by atoms with Crippen LogP contribution in [0, 0.1) is 5.92 Å². The quantitative estimate of drug-likeness (QED) is 0.928. The van der Waals surface area contributed by atoms with Crippen molar-refractivity contribution in [1.29, 1.82) is 0 Å². The summed E-state index contributed by atoms with van der Waals surface area (Å²) >= 11 is 1.64. The summed E-state index contributed by atoms with van der Waals surface area (Å²) in [5.41, 5.74) is 0. The number of thiophene rings is 1. The SMILES string of the molecule is CCC1NC(=O)C(C)N(C(c2cccs2)C(C)C)C1=O. The predicted octanol–water partition coefficient (Wildman–Crippen LogP) is 2.57. The molecule has 0 saturated carbocycles. The van der Waals surface area contributed by atoms with Crippen LogP contribution in [-0.4, -0.2) is 28.8 Å². The molecule has 2 rings (SSSR count). The topological polar surface area (TPSA) is 49.4 Å². The molecule has 0 aromatic carbocycles. The monoisotopic (exact) mass is 294 g/mol. The normalized spacial score (nSPS) is 24.9. The molecule has 1 aliphatic rings. The minimum absolute atomic E-state index is 0.0300. The van der Waals surface area contributed by atoms with Crippen LogP contribution in [0.1, 0.15) is 45.0 Å². The van der Waals surface area contributed by atoms with Gasteiger partial charge in [-0.3, -0.25) is 9.59 Å². The summed E-state index contributed by atoms with van der Waals surface area (Å²) in [6, 6.07) is 3.20. The van der Waals surface area contributed by atoms with Crippen LogP contribution < -0.4 is 5.32 Å². The largest absolute Gasteiger partial charge is 0.343 e. The van der Waals surface area contributed by atoms with Crippen LogP contribution in [0.2, 0.25) is 0 Å². The van der Waals surface area contributed by atoms with Gasteiger partial charge in [-0.15, -0.1) is 11.3 Å². The number of piperazine rings is 1. The van der Waals surface area contributed by atoms with Gasteiger partial charge in [0, 0.05) is 4.88 Å². The highest BCUT2D eigenvalue weighted by Gasteiger charge is 2.42. The maximum atomic E-state index is 12.7. The van der Waals surface area contributed by atoms with Gasteiger partial charge in [0.05, 0.1) is 6.04 Å². The van der Waals surface area contributed by atoms with Crippen molar-refractivity contribution in [2.45, 2.75) is 52.2 Å². The molecule has 3 unspecified atom stereocenters. The number of nitrogens with zero attached hydrogens (tertiary/aromatic N) is 1. The Kier molecular flexibility index (Phi) is 4.48. The summed E-state index contributed by atoms with van der Waals surface area (Å²) in [5.74, 6) is 0.244. The molecule has 4 nitrogen and oxygen atoms in total. The van der Waals surface area contributed by atoms with E-state index in [1.54, 1.807) is 16.2 Å². The van der Waals surface area contributed by atoms with Crippen molar-refractivity contribution in [3.8, 4) is 0 Å². The van der Waals surface area contributed by atoms with Crippen LogP contribution in [0.4, 0.5) is 0 Å². The Morgan fingerprint density at radius 3 is 2.60 bits per heavy atom. The highest BCUT2D eigenvalue weighted by atomic mass is 32.1. The molecule has 1 aromatic heterocycles. The highest BCUT2D eigenvalue weighted by molar-refractivity contribution is 7.10. The van der Waals surface area contributed by atoms with Gasteiger partial charge in [-0.1, -0.05) is 26.8 Å². The van der Waals surface area contributed by atoms with Gasteiger partial charge < -0.3 is 10.2 Å². The molecule has 5 heteroatoms. The lowest BCUT2D eigenvalue weighted by atomic mass is 9.95. The van der Waals surface area contributed by atoms with Crippen molar-refractivity contribution in [3.63, 3.8) is 0 Å². The zero-order chi connectivity index (χ0) is 14.9. The molecule has 1 aromatic rings. The van der Waals surface area contributed by atoms with Crippen molar-refractivity contribution in [2.75, 3.05) is 0 Å². The molecule has 20 heavy (non-hydrogen) atoms. The van der Waals surface area contributed by atoms with E-state index in [1.807, 2.05) is 31.4 Å². The number of hydrogen-bond acceptors (Lipinski definition) is 3. The van der Waals surface area contributed by atoms with Crippen LogP contribution in [0.3, 0.4) is 0 Å². The van der Waals surface area contributed by atoms with Crippen molar-refractivity contribution in [2.24, 2.45) is 5.92 Å². The number of rotatable bonds is 4. The summed E-state index contributed by atoms with van der Waals surface area (Å²) in [7, 11) is 0. The van der Waals surface area contributed by atoms with Crippen LogP contribution >= 0.6 is 11.3 Å². The van der Waals surface area contributed by atoms with Crippen LogP contribution in [0.5, 0.6) is 0 Å². The molecule has 0 radical (unpaired) electrons. The zero-order valence-corrected chi connectivity index (χ0v) is 13.2. The Labute approximate surface area is 124 Å². The summed E-state index contributed by atoms with van der Waals surface area (Å²) in [4.78, 5) is 27.7. The van der Waals surface area contributed by atoms with E-state index in [2.05, 4.69) is 19.2 Å². The second-order valence-electron chi connectivity index (χ2n) is 5.60. The molecule has 3 atom stereocenters. The molecular formula is C15H22N2O2S. The minimum atomic E-state index is -0.417. The number of hydrogen-bond donors (Lipinski definition) is 1. The third-order valence-electron chi connectivity index (χ3n) is 3.84. The third-order valence-corrected chi connectivity index (χ3v) is 4.78. The summed E-state index contributed by atoms with van der Waals surface area (Å²) in [6.07, 6.45) is 0.628. The molecular weight excluding hydrogens is 272 g/mol. The molecule has 2 amide bonds. The molecule has 110 valence electrons. The van der Waals surface area contributed by atoms with Gasteiger partial charge in [-0.05, 0) is 30.7 Å². The number of nitrogens with one attached hydrogen (secondary N) is 1. The fourth-order valence-corrected chi connectivity index (χ4v) is 3.75. The molecule has 0 spiro atoms. The molecule has 2 heterocycles. The van der Waals surface area contributed by atoms with Gasteiger partial charge in [0.15, 0.2) is 0 Å². The van der Waals surface area contributed by atoms with E-state index >= 15 is 0 Å². The van der Waals surface area contributed by atoms with Crippen LogP contribution in [0.15, 0.2) is 17.5 Å². The maximum absolute atomic E-state index is 12.7. The first-order valence-electron chi connectivity index (χ1n) is 7.13. The van der Waals surface area contributed by atoms with E-state index in [0.29, 0.717) is 6.42 Å². The first-order chi connectivity index (χ1) is 9.47. The Bertz CT molecular complexity index is 484. The van der Waals surface area contributed by atoms with Gasteiger partial charge >= 0.3 is 0 Å². The van der Waals surface area contributed by atoms with Gasteiger partial charge in [0.25, 0.3) is 0 Å². The Morgan fingerprint density at radius 1 is 1.40 bits per heavy atom. The van der Waals surface area contributed by atoms with E-state index in [-0.39, 0.29) is 29.8 Å².